The van der Waals surface area contributed by atoms with E-state index in [1.807, 2.05) is 32.0 Å². The lowest BCUT2D eigenvalue weighted by atomic mass is 9.95. The maximum Gasteiger partial charge on any atom is 0.251 e. The van der Waals surface area contributed by atoms with Crippen LogP contribution in [0.5, 0.6) is 0 Å². The Bertz CT molecular complexity index is 1280. The van der Waals surface area contributed by atoms with Crippen molar-refractivity contribution in [3.05, 3.63) is 57.2 Å². The highest BCUT2D eigenvalue weighted by molar-refractivity contribution is 7.99. The topological polar surface area (TPSA) is 132 Å². The van der Waals surface area contributed by atoms with Crippen molar-refractivity contribution in [1.29, 1.82) is 0 Å². The van der Waals surface area contributed by atoms with E-state index in [-0.39, 0.29) is 23.6 Å². The molecule has 4 N–H and O–H groups in total. The van der Waals surface area contributed by atoms with Crippen LogP contribution < -0.4 is 16.4 Å². The Morgan fingerprint density at radius 1 is 1.23 bits per heavy atom. The summed E-state index contributed by atoms with van der Waals surface area (Å²) in [6, 6.07) is 6.99. The van der Waals surface area contributed by atoms with Gasteiger partial charge >= 0.3 is 0 Å². The van der Waals surface area contributed by atoms with Crippen LogP contribution in [-0.2, 0) is 24.7 Å². The lowest BCUT2D eigenvalue weighted by Crippen LogP contribution is -2.28. The number of carbonyl (C=O) groups is 3. The Kier molecular flexibility index (Phi) is 7.56. The van der Waals surface area contributed by atoms with E-state index in [9.17, 15) is 14.4 Å². The third-order valence-corrected chi connectivity index (χ3v) is 8.11. The fraction of sp³-hybridized carbons (Fsp3) is 0.375. The first-order valence-corrected chi connectivity index (χ1v) is 13.2. The van der Waals surface area contributed by atoms with Gasteiger partial charge in [0.25, 0.3) is 11.8 Å². The average Bonchev–Trinajstić information content (AvgIpc) is 3.37. The molecule has 1 aliphatic carbocycles. The van der Waals surface area contributed by atoms with E-state index in [1.165, 1.54) is 23.1 Å². The maximum absolute atomic E-state index is 12.7. The second-order valence-corrected chi connectivity index (χ2v) is 10.6. The minimum atomic E-state index is -0.507. The molecule has 184 valence electrons. The van der Waals surface area contributed by atoms with Crippen molar-refractivity contribution >= 4 is 45.8 Å². The number of benzene rings is 1. The highest BCUT2D eigenvalue weighted by Gasteiger charge is 2.25. The van der Waals surface area contributed by atoms with Crippen molar-refractivity contribution in [2.24, 2.45) is 12.8 Å². The lowest BCUT2D eigenvalue weighted by molar-refractivity contribution is -0.113. The average molecular weight is 513 g/mol. The number of nitrogens with two attached hydrogens (primary N) is 1. The number of carbonyl (C=O) groups excluding carboxylic acids is 3. The van der Waals surface area contributed by atoms with Gasteiger partial charge in [-0.25, -0.2) is 0 Å². The molecule has 0 unspecified atom stereocenters. The number of thioether (sulfide) groups is 1. The van der Waals surface area contributed by atoms with Gasteiger partial charge in [0.15, 0.2) is 11.0 Å². The molecule has 0 radical (unpaired) electrons. The first-order valence-electron chi connectivity index (χ1n) is 11.4. The minimum Gasteiger partial charge on any atom is -0.365 e. The van der Waals surface area contributed by atoms with Gasteiger partial charge in [-0.05, 0) is 57.2 Å². The molecule has 4 rings (SSSR count). The molecule has 0 saturated heterocycles. The molecule has 1 aliphatic rings. The molecule has 2 heterocycles. The lowest BCUT2D eigenvalue weighted by Gasteiger charge is -2.14. The van der Waals surface area contributed by atoms with Gasteiger partial charge in [-0.3, -0.25) is 14.4 Å². The Labute approximate surface area is 211 Å². The Balaban J connectivity index is 1.38. The predicted octanol–water partition coefficient (Wildman–Crippen LogP) is 3.38. The van der Waals surface area contributed by atoms with Gasteiger partial charge in [0.05, 0.1) is 17.4 Å². The summed E-state index contributed by atoms with van der Waals surface area (Å²) in [4.78, 5) is 38.4. The number of rotatable bonds is 8. The summed E-state index contributed by atoms with van der Waals surface area (Å²) in [5.74, 6) is -0.275. The molecule has 3 amide bonds. The molecule has 3 aromatic rings. The summed E-state index contributed by atoms with van der Waals surface area (Å²) in [6.07, 6.45) is 3.82. The van der Waals surface area contributed by atoms with Crippen LogP contribution in [0.3, 0.4) is 0 Å². The van der Waals surface area contributed by atoms with Crippen LogP contribution >= 0.6 is 23.1 Å². The summed E-state index contributed by atoms with van der Waals surface area (Å²) in [5.41, 5.74) is 8.63. The summed E-state index contributed by atoms with van der Waals surface area (Å²) in [5, 5.41) is 15.3. The van der Waals surface area contributed by atoms with Gasteiger partial charge in [0.1, 0.15) is 5.00 Å². The second kappa shape index (κ2) is 10.6. The van der Waals surface area contributed by atoms with E-state index in [4.69, 9.17) is 5.73 Å². The monoisotopic (exact) mass is 512 g/mol. The number of amides is 3. The zero-order chi connectivity index (χ0) is 25.1. The fourth-order valence-corrected chi connectivity index (χ4v) is 6.20. The Morgan fingerprint density at radius 3 is 2.74 bits per heavy atom. The molecule has 2 aromatic heterocycles. The zero-order valence-electron chi connectivity index (χ0n) is 19.9. The fourth-order valence-electron chi connectivity index (χ4n) is 4.17. The van der Waals surface area contributed by atoms with E-state index < -0.39 is 5.91 Å². The van der Waals surface area contributed by atoms with Crippen molar-refractivity contribution in [3.8, 4) is 0 Å². The van der Waals surface area contributed by atoms with Crippen LogP contribution in [0, 0.1) is 6.92 Å². The molecule has 0 bridgehead atoms. The van der Waals surface area contributed by atoms with Gasteiger partial charge in [0, 0.05) is 17.5 Å². The Morgan fingerprint density at radius 2 is 2.00 bits per heavy atom. The standard InChI is InChI=1S/C24H28N6O3S2/c1-13-7-6-8-15(11-13)22(33)26-14(2)21-28-29-24(30(21)3)34-12-18(31)27-23-19(20(25)32)16-9-4-5-10-17(16)35-23/h6-8,11,14H,4-5,9-10,12H2,1-3H3,(H2,25,32)(H,26,33)(H,27,31)/t14-/m0/s1. The molecular weight excluding hydrogens is 484 g/mol. The Hall–Kier alpha value is -3.18. The number of anilines is 1. The van der Waals surface area contributed by atoms with Crippen molar-refractivity contribution in [1.82, 2.24) is 20.1 Å². The van der Waals surface area contributed by atoms with Crippen LogP contribution in [0.15, 0.2) is 29.4 Å². The molecule has 0 fully saturated rings. The van der Waals surface area contributed by atoms with Crippen molar-refractivity contribution in [2.75, 3.05) is 11.1 Å². The summed E-state index contributed by atoms with van der Waals surface area (Å²) in [7, 11) is 1.80. The predicted molar refractivity (Wildman–Crippen MR) is 137 cm³/mol. The highest BCUT2D eigenvalue weighted by atomic mass is 32.2. The number of nitrogens with zero attached hydrogens (tertiary/aromatic N) is 3. The van der Waals surface area contributed by atoms with Crippen LogP contribution in [0.4, 0.5) is 5.00 Å². The number of hydrogen-bond acceptors (Lipinski definition) is 7. The first-order chi connectivity index (χ1) is 16.7. The molecule has 0 spiro atoms. The van der Waals surface area contributed by atoms with E-state index in [0.29, 0.717) is 27.1 Å². The van der Waals surface area contributed by atoms with Crippen molar-refractivity contribution < 1.29 is 14.4 Å². The number of aryl methyl sites for hydroxylation is 2. The highest BCUT2D eigenvalue weighted by Crippen LogP contribution is 2.38. The van der Waals surface area contributed by atoms with Gasteiger partial charge in [0.2, 0.25) is 5.91 Å². The number of primary amides is 1. The first kappa shape index (κ1) is 24.9. The van der Waals surface area contributed by atoms with Gasteiger partial charge in [-0.2, -0.15) is 0 Å². The van der Waals surface area contributed by atoms with E-state index in [1.54, 1.807) is 17.7 Å². The zero-order valence-corrected chi connectivity index (χ0v) is 21.5. The third-order valence-electron chi connectivity index (χ3n) is 5.89. The molecule has 35 heavy (non-hydrogen) atoms. The molecule has 0 saturated carbocycles. The van der Waals surface area contributed by atoms with Gasteiger partial charge in [-0.1, -0.05) is 29.5 Å². The van der Waals surface area contributed by atoms with Crippen LogP contribution in [0.2, 0.25) is 0 Å². The maximum atomic E-state index is 12.7. The molecule has 9 nitrogen and oxygen atoms in total. The quantitative estimate of drug-likeness (QED) is 0.397. The van der Waals surface area contributed by atoms with Crippen LogP contribution in [0.1, 0.15) is 68.4 Å². The summed E-state index contributed by atoms with van der Waals surface area (Å²) in [6.45, 7) is 3.77. The van der Waals surface area contributed by atoms with Gasteiger partial charge < -0.3 is 20.9 Å². The number of aromatic nitrogens is 3. The molecular formula is C24H28N6O3S2. The number of nitrogens with one attached hydrogen (secondary N) is 2. The summed E-state index contributed by atoms with van der Waals surface area (Å²) >= 11 is 2.67. The summed E-state index contributed by atoms with van der Waals surface area (Å²) < 4.78 is 1.76. The number of hydrogen-bond donors (Lipinski definition) is 3. The van der Waals surface area contributed by atoms with Crippen molar-refractivity contribution in [3.63, 3.8) is 0 Å². The van der Waals surface area contributed by atoms with E-state index >= 15 is 0 Å². The van der Waals surface area contributed by atoms with Crippen LogP contribution in [0.25, 0.3) is 0 Å². The van der Waals surface area contributed by atoms with Crippen molar-refractivity contribution in [2.45, 2.75) is 50.7 Å². The minimum absolute atomic E-state index is 0.0940. The van der Waals surface area contributed by atoms with E-state index in [0.717, 1.165) is 41.7 Å². The number of fused-ring (bicyclic) bond motifs is 1. The van der Waals surface area contributed by atoms with Gasteiger partial charge in [-0.15, -0.1) is 21.5 Å². The third kappa shape index (κ3) is 5.57. The molecule has 0 aliphatic heterocycles. The normalized spacial score (nSPS) is 13.7. The van der Waals surface area contributed by atoms with Crippen LogP contribution in [-0.4, -0.2) is 38.2 Å². The largest absolute Gasteiger partial charge is 0.365 e. The van der Waals surface area contributed by atoms with E-state index in [2.05, 4.69) is 20.8 Å². The smallest absolute Gasteiger partial charge is 0.251 e. The number of thiophene rings is 1. The SMILES string of the molecule is Cc1cccc(C(=O)N[C@@H](C)c2nnc(SCC(=O)Nc3sc4c(c3C(N)=O)CCCC4)n2C)c1. The molecule has 1 aromatic carbocycles. The molecule has 11 heteroatoms. The molecule has 1 atom stereocenters. The second-order valence-electron chi connectivity index (χ2n) is 8.58.